The summed E-state index contributed by atoms with van der Waals surface area (Å²) < 4.78 is 44.2. The molecule has 0 unspecified atom stereocenters. The summed E-state index contributed by atoms with van der Waals surface area (Å²) in [7, 11) is 3.43. The van der Waals surface area contributed by atoms with Crippen LogP contribution >= 0.6 is 0 Å². The molecule has 0 saturated heterocycles. The van der Waals surface area contributed by atoms with E-state index in [2.05, 4.69) is 15.2 Å². The van der Waals surface area contributed by atoms with Crippen molar-refractivity contribution in [3.63, 3.8) is 0 Å². The van der Waals surface area contributed by atoms with Crippen LogP contribution in [0.1, 0.15) is 27.3 Å². The second-order valence-electron chi connectivity index (χ2n) is 7.94. The van der Waals surface area contributed by atoms with Crippen LogP contribution in [-0.4, -0.2) is 41.9 Å². The van der Waals surface area contributed by atoms with Crippen LogP contribution < -0.4 is 0 Å². The minimum absolute atomic E-state index is 0.162. The third kappa shape index (κ3) is 3.05. The molecular weight excluding hydrogens is 421 g/mol. The fraction of sp³-hybridized carbons (Fsp3) is 0.273. The van der Waals surface area contributed by atoms with Crippen molar-refractivity contribution < 1.29 is 18.0 Å². The Hall–Kier alpha value is -3.69. The highest BCUT2D eigenvalue weighted by Crippen LogP contribution is 2.32. The van der Waals surface area contributed by atoms with Gasteiger partial charge in [0.25, 0.3) is 5.91 Å². The number of fused-ring (bicyclic) bond motifs is 2. The van der Waals surface area contributed by atoms with Crippen LogP contribution in [0.4, 0.5) is 13.2 Å². The number of nitrogens with zero attached hydrogens (tertiary/aromatic N) is 6. The molecule has 0 aliphatic carbocycles. The van der Waals surface area contributed by atoms with Gasteiger partial charge in [-0.15, -0.1) is 0 Å². The van der Waals surface area contributed by atoms with E-state index in [1.807, 2.05) is 6.92 Å². The molecule has 1 aliphatic rings. The maximum atomic E-state index is 13.8. The number of hydrogen-bond acceptors (Lipinski definition) is 4. The lowest BCUT2D eigenvalue weighted by Gasteiger charge is -2.27. The smallest absolute Gasteiger partial charge is 0.255 e. The number of benzene rings is 1. The van der Waals surface area contributed by atoms with Crippen molar-refractivity contribution in [1.29, 1.82) is 0 Å². The molecule has 0 saturated carbocycles. The van der Waals surface area contributed by atoms with Crippen molar-refractivity contribution >= 4 is 16.9 Å². The first-order valence-corrected chi connectivity index (χ1v) is 10.0. The summed E-state index contributed by atoms with van der Waals surface area (Å²) in [6.07, 6.45) is 2.08. The predicted octanol–water partition coefficient (Wildman–Crippen LogP) is 3.29. The lowest BCUT2D eigenvalue weighted by molar-refractivity contribution is 0.0734. The average molecular weight is 440 g/mol. The zero-order valence-electron chi connectivity index (χ0n) is 17.7. The fourth-order valence-electron chi connectivity index (χ4n) is 4.33. The van der Waals surface area contributed by atoms with Crippen LogP contribution in [0, 0.1) is 24.4 Å². The molecule has 32 heavy (non-hydrogen) atoms. The highest BCUT2D eigenvalue weighted by Gasteiger charge is 2.29. The van der Waals surface area contributed by atoms with Crippen molar-refractivity contribution in [2.45, 2.75) is 19.9 Å². The van der Waals surface area contributed by atoms with Crippen molar-refractivity contribution in [2.75, 3.05) is 6.54 Å². The van der Waals surface area contributed by atoms with E-state index < -0.39 is 17.5 Å². The Balaban J connectivity index is 1.51. The Labute approximate surface area is 181 Å². The van der Waals surface area contributed by atoms with Gasteiger partial charge in [0.2, 0.25) is 0 Å². The Morgan fingerprint density at radius 3 is 2.50 bits per heavy atom. The third-order valence-electron chi connectivity index (χ3n) is 5.81. The first-order valence-electron chi connectivity index (χ1n) is 10.0. The number of halogens is 3. The maximum absolute atomic E-state index is 13.8. The number of carbonyl (C=O) groups is 1. The molecule has 10 heteroatoms. The fourth-order valence-corrected chi connectivity index (χ4v) is 4.33. The van der Waals surface area contributed by atoms with E-state index >= 15 is 0 Å². The number of carbonyl (C=O) groups excluding carboxylic acids is 1. The van der Waals surface area contributed by atoms with Gasteiger partial charge in [0.05, 0.1) is 35.1 Å². The van der Waals surface area contributed by atoms with Crippen LogP contribution in [0.5, 0.6) is 0 Å². The molecule has 164 valence electrons. The summed E-state index contributed by atoms with van der Waals surface area (Å²) in [5.41, 5.74) is 4.01. The molecular formula is C22H19F3N6O. The van der Waals surface area contributed by atoms with Gasteiger partial charge in [-0.05, 0) is 31.5 Å². The van der Waals surface area contributed by atoms with Gasteiger partial charge >= 0.3 is 0 Å². The largest absolute Gasteiger partial charge is 0.332 e. The van der Waals surface area contributed by atoms with E-state index in [-0.39, 0.29) is 18.0 Å². The normalized spacial score (nSPS) is 13.6. The first-order chi connectivity index (χ1) is 15.2. The average Bonchev–Trinajstić information content (AvgIpc) is 3.29. The van der Waals surface area contributed by atoms with Gasteiger partial charge in [-0.2, -0.15) is 10.2 Å². The van der Waals surface area contributed by atoms with E-state index in [1.165, 1.54) is 4.68 Å². The molecule has 0 N–H and O–H groups in total. The van der Waals surface area contributed by atoms with Crippen LogP contribution in [-0.2, 0) is 27.1 Å². The summed E-state index contributed by atoms with van der Waals surface area (Å²) in [5, 5.41) is 9.36. The number of rotatable bonds is 2. The zero-order valence-corrected chi connectivity index (χ0v) is 17.7. The number of pyridine rings is 1. The van der Waals surface area contributed by atoms with E-state index in [1.54, 1.807) is 35.9 Å². The summed E-state index contributed by atoms with van der Waals surface area (Å²) in [5.74, 6) is -4.17. The molecule has 4 heterocycles. The second-order valence-corrected chi connectivity index (χ2v) is 7.94. The van der Waals surface area contributed by atoms with Crippen LogP contribution in [0.15, 0.2) is 24.4 Å². The molecule has 1 aromatic carbocycles. The third-order valence-corrected chi connectivity index (χ3v) is 5.81. The highest BCUT2D eigenvalue weighted by atomic mass is 19.2. The van der Waals surface area contributed by atoms with E-state index in [9.17, 15) is 18.0 Å². The highest BCUT2D eigenvalue weighted by molar-refractivity contribution is 6.05. The van der Waals surface area contributed by atoms with Crippen molar-refractivity contribution in [1.82, 2.24) is 29.4 Å². The Kier molecular flexibility index (Phi) is 4.54. The predicted molar refractivity (Wildman–Crippen MR) is 110 cm³/mol. The van der Waals surface area contributed by atoms with Gasteiger partial charge < -0.3 is 4.90 Å². The molecule has 0 bridgehead atoms. The molecule has 1 aliphatic heterocycles. The number of aromatic nitrogens is 5. The van der Waals surface area contributed by atoms with E-state index in [4.69, 9.17) is 0 Å². The van der Waals surface area contributed by atoms with Gasteiger partial charge in [0, 0.05) is 37.5 Å². The minimum atomic E-state index is -1.50. The molecule has 3 aromatic heterocycles. The molecule has 0 atom stereocenters. The van der Waals surface area contributed by atoms with Crippen LogP contribution in [0.25, 0.3) is 22.3 Å². The molecule has 1 amide bonds. The molecule has 4 aromatic rings. The van der Waals surface area contributed by atoms with Gasteiger partial charge in [0.15, 0.2) is 23.1 Å². The Morgan fingerprint density at radius 1 is 1.06 bits per heavy atom. The summed E-state index contributed by atoms with van der Waals surface area (Å²) in [6, 6.07) is 3.67. The molecule has 7 nitrogen and oxygen atoms in total. The van der Waals surface area contributed by atoms with Gasteiger partial charge in [0.1, 0.15) is 0 Å². The van der Waals surface area contributed by atoms with E-state index in [0.717, 1.165) is 17.7 Å². The summed E-state index contributed by atoms with van der Waals surface area (Å²) in [6.45, 7) is 2.47. The zero-order chi connectivity index (χ0) is 22.7. The topological polar surface area (TPSA) is 68.8 Å². The maximum Gasteiger partial charge on any atom is 0.255 e. The first kappa shape index (κ1) is 20.2. The second kappa shape index (κ2) is 7.18. The standard InChI is InChI=1S/C22H19F3N6O/c1-11-6-14(15-9-26-30(3)21(15)27-11)22(32)31-5-4-13-18(10-31)28-29(2)20(13)12-7-16(23)19(25)17(24)8-12/h6-9H,4-5,10H2,1-3H3. The van der Waals surface area contributed by atoms with Gasteiger partial charge in [-0.25, -0.2) is 18.2 Å². The lowest BCUT2D eigenvalue weighted by atomic mass is 9.98. The van der Waals surface area contributed by atoms with Crippen LogP contribution in [0.3, 0.4) is 0 Å². The van der Waals surface area contributed by atoms with Gasteiger partial charge in [-0.3, -0.25) is 14.2 Å². The molecule has 0 fully saturated rings. The van der Waals surface area contributed by atoms with Crippen molar-refractivity contribution in [3.05, 3.63) is 64.4 Å². The van der Waals surface area contributed by atoms with Crippen molar-refractivity contribution in [2.24, 2.45) is 14.1 Å². The van der Waals surface area contributed by atoms with Crippen molar-refractivity contribution in [3.8, 4) is 11.3 Å². The minimum Gasteiger partial charge on any atom is -0.332 e. The van der Waals surface area contributed by atoms with Gasteiger partial charge in [-0.1, -0.05) is 0 Å². The number of amides is 1. The Bertz CT molecular complexity index is 1380. The summed E-state index contributed by atoms with van der Waals surface area (Å²) in [4.78, 5) is 19.5. The van der Waals surface area contributed by atoms with Crippen LogP contribution in [0.2, 0.25) is 0 Å². The monoisotopic (exact) mass is 440 g/mol. The quantitative estimate of drug-likeness (QED) is 0.449. The molecule has 0 spiro atoms. The summed E-state index contributed by atoms with van der Waals surface area (Å²) >= 11 is 0. The van der Waals surface area contributed by atoms with E-state index in [0.29, 0.717) is 46.6 Å². The lowest BCUT2D eigenvalue weighted by Crippen LogP contribution is -2.36. The number of hydrogen-bond donors (Lipinski definition) is 0. The number of aryl methyl sites for hydroxylation is 3. The molecule has 5 rings (SSSR count). The SMILES string of the molecule is Cc1cc(C(=O)N2CCc3c(nn(C)c3-c3cc(F)c(F)c(F)c3)C2)c2cnn(C)c2n1. The molecule has 0 radical (unpaired) electrons. The Morgan fingerprint density at radius 2 is 1.78 bits per heavy atom.